The van der Waals surface area contributed by atoms with Gasteiger partial charge in [0, 0.05) is 22.6 Å². The summed E-state index contributed by atoms with van der Waals surface area (Å²) in [5.74, 6) is 0. The Balaban J connectivity index is 2.80. The highest BCUT2D eigenvalue weighted by Crippen LogP contribution is 2.31. The summed E-state index contributed by atoms with van der Waals surface area (Å²) in [6.45, 7) is 0.251. The zero-order chi connectivity index (χ0) is 15.3. The molecule has 0 aliphatic carbocycles. The molecule has 1 aromatic rings. The van der Waals surface area contributed by atoms with Crippen molar-refractivity contribution in [3.63, 3.8) is 0 Å². The maximum Gasteiger partial charge on any atom is 0.243 e. The molecule has 1 rings (SSSR count). The summed E-state index contributed by atoms with van der Waals surface area (Å²) < 4.78 is 32.6. The van der Waals surface area contributed by atoms with Crippen molar-refractivity contribution in [1.82, 2.24) is 4.72 Å². The molecule has 9 heteroatoms. The van der Waals surface area contributed by atoms with Gasteiger partial charge in [-0.05, 0) is 34.5 Å². The number of benzene rings is 1. The summed E-state index contributed by atoms with van der Waals surface area (Å²) in [6, 6.07) is 3.11. The molecule has 0 radical (unpaired) electrons. The monoisotopic (exact) mass is 430 g/mol. The molecular weight excluding hydrogens is 416 g/mol. The Labute approximate surface area is 135 Å². The summed E-state index contributed by atoms with van der Waals surface area (Å²) in [4.78, 5) is -0.0121. The van der Waals surface area contributed by atoms with Crippen LogP contribution in [0.2, 0.25) is 0 Å². The number of halogens is 2. The van der Waals surface area contributed by atoms with Gasteiger partial charge in [0.2, 0.25) is 10.0 Å². The van der Waals surface area contributed by atoms with Crippen molar-refractivity contribution in [2.75, 3.05) is 26.0 Å². The zero-order valence-corrected chi connectivity index (χ0v) is 14.8. The minimum Gasteiger partial charge on any atom is -0.398 e. The van der Waals surface area contributed by atoms with Crippen LogP contribution in [0.1, 0.15) is 6.42 Å². The van der Waals surface area contributed by atoms with E-state index in [1.54, 1.807) is 6.07 Å². The number of methoxy groups -OCH3 is 1. The van der Waals surface area contributed by atoms with E-state index in [0.29, 0.717) is 8.95 Å². The van der Waals surface area contributed by atoms with E-state index in [4.69, 9.17) is 10.5 Å². The molecule has 0 aromatic heterocycles. The first-order valence-electron chi connectivity index (χ1n) is 5.69. The van der Waals surface area contributed by atoms with Crippen LogP contribution in [0.5, 0.6) is 0 Å². The largest absolute Gasteiger partial charge is 0.398 e. The van der Waals surface area contributed by atoms with Crippen LogP contribution in [-0.2, 0) is 14.8 Å². The van der Waals surface area contributed by atoms with Gasteiger partial charge in [-0.25, -0.2) is 13.1 Å². The number of hydrogen-bond donors (Lipinski definition) is 3. The first-order chi connectivity index (χ1) is 9.27. The molecule has 0 amide bonds. The van der Waals surface area contributed by atoms with E-state index in [1.807, 2.05) is 0 Å². The Hall–Kier alpha value is -0.190. The predicted molar refractivity (Wildman–Crippen MR) is 83.9 cm³/mol. The van der Waals surface area contributed by atoms with E-state index < -0.39 is 16.1 Å². The Kier molecular flexibility index (Phi) is 6.89. The maximum atomic E-state index is 12.2. The topological polar surface area (TPSA) is 102 Å². The quantitative estimate of drug-likeness (QED) is 0.567. The predicted octanol–water partition coefficient (Wildman–Crippen LogP) is 1.47. The molecule has 0 aliphatic heterocycles. The van der Waals surface area contributed by atoms with Crippen LogP contribution in [0, 0.1) is 0 Å². The third kappa shape index (κ3) is 4.97. The first-order valence-corrected chi connectivity index (χ1v) is 8.76. The zero-order valence-electron chi connectivity index (χ0n) is 10.8. The van der Waals surface area contributed by atoms with Crippen molar-refractivity contribution < 1.29 is 18.3 Å². The standard InChI is InChI=1S/C11H16Br2N2O4S/c1-19-6-8(16)2-3-15-20(17,18)11-9(13)4-7(12)5-10(11)14/h4-5,8,15-16H,2-3,6,14H2,1H3. The molecule has 1 unspecified atom stereocenters. The number of nitrogen functional groups attached to an aromatic ring is 1. The lowest BCUT2D eigenvalue weighted by molar-refractivity contribution is 0.0603. The normalized spacial score (nSPS) is 13.4. The molecule has 114 valence electrons. The molecule has 4 N–H and O–H groups in total. The van der Waals surface area contributed by atoms with Crippen molar-refractivity contribution in [3.05, 3.63) is 21.1 Å². The lowest BCUT2D eigenvalue weighted by Crippen LogP contribution is -2.29. The fraction of sp³-hybridized carbons (Fsp3) is 0.455. The Morgan fingerprint density at radius 3 is 2.65 bits per heavy atom. The Morgan fingerprint density at radius 2 is 2.10 bits per heavy atom. The minimum atomic E-state index is -3.74. The molecule has 1 atom stereocenters. The molecule has 1 aromatic carbocycles. The SMILES string of the molecule is COCC(O)CCNS(=O)(=O)c1c(N)cc(Br)cc1Br. The van der Waals surface area contributed by atoms with Gasteiger partial charge in [-0.1, -0.05) is 15.9 Å². The van der Waals surface area contributed by atoms with E-state index in [0.717, 1.165) is 0 Å². The lowest BCUT2D eigenvalue weighted by Gasteiger charge is -2.13. The summed E-state index contributed by atoms with van der Waals surface area (Å²) in [5, 5.41) is 9.46. The fourth-order valence-corrected chi connectivity index (χ4v) is 4.68. The highest BCUT2D eigenvalue weighted by molar-refractivity contribution is 9.11. The highest BCUT2D eigenvalue weighted by Gasteiger charge is 2.21. The molecule has 0 saturated carbocycles. The highest BCUT2D eigenvalue weighted by atomic mass is 79.9. The smallest absolute Gasteiger partial charge is 0.243 e. The second kappa shape index (κ2) is 7.71. The Morgan fingerprint density at radius 1 is 1.45 bits per heavy atom. The third-order valence-corrected chi connectivity index (χ3v) is 5.36. The van der Waals surface area contributed by atoms with E-state index in [2.05, 4.69) is 36.6 Å². The van der Waals surface area contributed by atoms with Crippen LogP contribution in [0.25, 0.3) is 0 Å². The lowest BCUT2D eigenvalue weighted by atomic mass is 10.3. The molecule has 0 saturated heterocycles. The van der Waals surface area contributed by atoms with Gasteiger partial charge < -0.3 is 15.6 Å². The number of sulfonamides is 1. The van der Waals surface area contributed by atoms with Crippen molar-refractivity contribution in [2.45, 2.75) is 17.4 Å². The van der Waals surface area contributed by atoms with E-state index in [9.17, 15) is 13.5 Å². The third-order valence-electron chi connectivity index (χ3n) is 2.43. The summed E-state index contributed by atoms with van der Waals surface area (Å²) in [6.07, 6.45) is -0.463. The van der Waals surface area contributed by atoms with Gasteiger partial charge in [-0.3, -0.25) is 0 Å². The summed E-state index contributed by atoms with van der Waals surface area (Å²) in [7, 11) is -2.28. The van der Waals surface area contributed by atoms with E-state index in [1.165, 1.54) is 13.2 Å². The second-order valence-corrected chi connectivity index (χ2v) is 7.58. The van der Waals surface area contributed by atoms with Crippen LogP contribution < -0.4 is 10.5 Å². The second-order valence-electron chi connectivity index (χ2n) is 4.10. The van der Waals surface area contributed by atoms with Gasteiger partial charge in [0.05, 0.1) is 18.4 Å². The van der Waals surface area contributed by atoms with Crippen LogP contribution >= 0.6 is 31.9 Å². The number of aliphatic hydroxyl groups excluding tert-OH is 1. The number of hydrogen-bond acceptors (Lipinski definition) is 5. The molecule has 0 aliphatic rings. The molecule has 20 heavy (non-hydrogen) atoms. The fourth-order valence-electron chi connectivity index (χ4n) is 1.57. The molecule has 0 spiro atoms. The number of aliphatic hydroxyl groups is 1. The minimum absolute atomic E-state index is 0.0121. The van der Waals surface area contributed by atoms with Crippen LogP contribution in [0.4, 0.5) is 5.69 Å². The molecule has 0 bridgehead atoms. The number of nitrogens with one attached hydrogen (secondary N) is 1. The first kappa shape index (κ1) is 17.9. The number of rotatable bonds is 7. The van der Waals surface area contributed by atoms with Gasteiger partial charge >= 0.3 is 0 Å². The number of anilines is 1. The van der Waals surface area contributed by atoms with Crippen LogP contribution in [0.15, 0.2) is 26.0 Å². The average molecular weight is 432 g/mol. The van der Waals surface area contributed by atoms with Gasteiger partial charge in [0.25, 0.3) is 0 Å². The maximum absolute atomic E-state index is 12.2. The number of nitrogens with two attached hydrogens (primary N) is 1. The van der Waals surface area contributed by atoms with Gasteiger partial charge in [0.1, 0.15) is 4.90 Å². The molecular formula is C11H16Br2N2O4S. The van der Waals surface area contributed by atoms with Crippen molar-refractivity contribution in [2.24, 2.45) is 0 Å². The van der Waals surface area contributed by atoms with Crippen LogP contribution in [-0.4, -0.2) is 39.9 Å². The summed E-state index contributed by atoms with van der Waals surface area (Å²) >= 11 is 6.41. The van der Waals surface area contributed by atoms with Crippen molar-refractivity contribution in [1.29, 1.82) is 0 Å². The molecule has 0 fully saturated rings. The van der Waals surface area contributed by atoms with E-state index >= 15 is 0 Å². The van der Waals surface area contributed by atoms with Crippen molar-refractivity contribution in [3.8, 4) is 0 Å². The van der Waals surface area contributed by atoms with Gasteiger partial charge in [-0.15, -0.1) is 0 Å². The number of ether oxygens (including phenoxy) is 1. The van der Waals surface area contributed by atoms with Crippen molar-refractivity contribution >= 4 is 47.6 Å². The van der Waals surface area contributed by atoms with Gasteiger partial charge in [0.15, 0.2) is 0 Å². The van der Waals surface area contributed by atoms with Crippen LogP contribution in [0.3, 0.4) is 0 Å². The molecule has 6 nitrogen and oxygen atoms in total. The Bertz CT molecular complexity index is 543. The average Bonchev–Trinajstić information content (AvgIpc) is 2.26. The summed E-state index contributed by atoms with van der Waals surface area (Å²) in [5.41, 5.74) is 5.87. The van der Waals surface area contributed by atoms with Gasteiger partial charge in [-0.2, -0.15) is 0 Å². The molecule has 0 heterocycles. The van der Waals surface area contributed by atoms with E-state index in [-0.39, 0.29) is 30.2 Å².